The third kappa shape index (κ3) is 4.53. The van der Waals surface area contributed by atoms with Gasteiger partial charge in [0, 0.05) is 50.4 Å². The van der Waals surface area contributed by atoms with E-state index in [0.29, 0.717) is 18.1 Å². The van der Waals surface area contributed by atoms with E-state index in [4.69, 9.17) is 16.6 Å². The summed E-state index contributed by atoms with van der Waals surface area (Å²) in [5.41, 5.74) is 0.864. The number of nitro groups is 1. The molecule has 0 aliphatic carbocycles. The zero-order valence-electron chi connectivity index (χ0n) is 16.1. The van der Waals surface area contributed by atoms with Crippen molar-refractivity contribution in [2.24, 2.45) is 0 Å². The molecule has 2 heterocycles. The number of nitrogens with zero attached hydrogens (tertiary/aromatic N) is 4. The highest BCUT2D eigenvalue weighted by Crippen LogP contribution is 2.31. The Morgan fingerprint density at radius 3 is 2.73 bits per heavy atom. The van der Waals surface area contributed by atoms with Gasteiger partial charge in [0.05, 0.1) is 15.1 Å². The van der Waals surface area contributed by atoms with Crippen LogP contribution in [-0.2, 0) is 0 Å². The summed E-state index contributed by atoms with van der Waals surface area (Å²) in [5.74, 6) is -0.422. The molecule has 0 unspecified atom stereocenters. The van der Waals surface area contributed by atoms with E-state index in [-0.39, 0.29) is 11.3 Å². The first-order valence-corrected chi connectivity index (χ1v) is 10.8. The van der Waals surface area contributed by atoms with Crippen LogP contribution >= 0.6 is 22.9 Å². The molecule has 30 heavy (non-hydrogen) atoms. The minimum Gasteiger partial charge on any atom is -0.351 e. The molecule has 156 valence electrons. The van der Waals surface area contributed by atoms with Crippen molar-refractivity contribution in [3.63, 3.8) is 0 Å². The van der Waals surface area contributed by atoms with Gasteiger partial charge in [-0.15, -0.1) is 0 Å². The Labute approximate surface area is 182 Å². The number of aromatic nitrogens is 1. The van der Waals surface area contributed by atoms with Gasteiger partial charge in [-0.3, -0.25) is 19.8 Å². The topological polar surface area (TPSA) is 91.6 Å². The number of fused-ring (bicyclic) bond motifs is 1. The van der Waals surface area contributed by atoms with Crippen LogP contribution in [0.5, 0.6) is 0 Å². The number of carbonyl (C=O) groups is 1. The molecule has 1 amide bonds. The van der Waals surface area contributed by atoms with Crippen molar-refractivity contribution in [3.05, 3.63) is 63.2 Å². The summed E-state index contributed by atoms with van der Waals surface area (Å²) in [6, 6.07) is 11.7. The molecule has 1 fully saturated rings. The third-order valence-electron chi connectivity index (χ3n) is 5.04. The van der Waals surface area contributed by atoms with Gasteiger partial charge in [0.15, 0.2) is 5.13 Å². The maximum absolute atomic E-state index is 12.3. The quantitative estimate of drug-likeness (QED) is 0.461. The number of thiazole rings is 1. The SMILES string of the molecule is O=C(NCCN1CCN(c2nc3ccc(Cl)cc3s2)CC1)c1ccccc1[N+](=O)[O-]. The van der Waals surface area contributed by atoms with Gasteiger partial charge < -0.3 is 10.2 Å². The summed E-state index contributed by atoms with van der Waals surface area (Å²) in [5, 5.41) is 15.6. The van der Waals surface area contributed by atoms with E-state index < -0.39 is 10.8 Å². The number of hydrogen-bond donors (Lipinski definition) is 1. The maximum atomic E-state index is 12.3. The second kappa shape index (κ2) is 8.95. The lowest BCUT2D eigenvalue weighted by atomic mass is 10.1. The number of hydrogen-bond acceptors (Lipinski definition) is 7. The molecule has 1 saturated heterocycles. The Bertz CT molecular complexity index is 1080. The van der Waals surface area contributed by atoms with Crippen LogP contribution in [0.3, 0.4) is 0 Å². The lowest BCUT2D eigenvalue weighted by Crippen LogP contribution is -2.48. The normalized spacial score (nSPS) is 14.8. The number of piperazine rings is 1. The fraction of sp³-hybridized carbons (Fsp3) is 0.300. The monoisotopic (exact) mass is 445 g/mol. The average Bonchev–Trinajstić information content (AvgIpc) is 3.17. The molecule has 1 aliphatic rings. The van der Waals surface area contributed by atoms with Crippen molar-refractivity contribution in [2.75, 3.05) is 44.2 Å². The molecular weight excluding hydrogens is 426 g/mol. The van der Waals surface area contributed by atoms with Crippen molar-refractivity contribution in [1.82, 2.24) is 15.2 Å². The van der Waals surface area contributed by atoms with Crippen molar-refractivity contribution in [3.8, 4) is 0 Å². The molecule has 10 heteroatoms. The first-order chi connectivity index (χ1) is 14.5. The smallest absolute Gasteiger partial charge is 0.282 e. The number of rotatable bonds is 6. The third-order valence-corrected chi connectivity index (χ3v) is 6.36. The van der Waals surface area contributed by atoms with Crippen LogP contribution in [0, 0.1) is 10.1 Å². The molecule has 2 aromatic carbocycles. The molecule has 1 N–H and O–H groups in total. The van der Waals surface area contributed by atoms with Crippen molar-refractivity contribution >= 4 is 49.9 Å². The fourth-order valence-corrected chi connectivity index (χ4v) is 4.73. The highest BCUT2D eigenvalue weighted by molar-refractivity contribution is 7.22. The van der Waals surface area contributed by atoms with Crippen molar-refractivity contribution < 1.29 is 9.72 Å². The summed E-state index contributed by atoms with van der Waals surface area (Å²) in [7, 11) is 0. The molecular formula is C20H20ClN5O3S. The predicted octanol–water partition coefficient (Wildman–Crippen LogP) is 3.41. The van der Waals surface area contributed by atoms with Gasteiger partial charge in [-0.2, -0.15) is 0 Å². The van der Waals surface area contributed by atoms with E-state index in [9.17, 15) is 14.9 Å². The highest BCUT2D eigenvalue weighted by Gasteiger charge is 2.21. The van der Waals surface area contributed by atoms with Crippen LogP contribution in [0.4, 0.5) is 10.8 Å². The van der Waals surface area contributed by atoms with Gasteiger partial charge >= 0.3 is 0 Å². The zero-order valence-corrected chi connectivity index (χ0v) is 17.7. The van der Waals surface area contributed by atoms with E-state index in [1.54, 1.807) is 23.5 Å². The molecule has 0 saturated carbocycles. The largest absolute Gasteiger partial charge is 0.351 e. The van der Waals surface area contributed by atoms with Gasteiger partial charge in [-0.05, 0) is 24.3 Å². The predicted molar refractivity (Wildman–Crippen MR) is 119 cm³/mol. The van der Waals surface area contributed by atoms with Gasteiger partial charge in [-0.25, -0.2) is 4.98 Å². The number of halogens is 1. The van der Waals surface area contributed by atoms with Gasteiger partial charge in [0.2, 0.25) is 0 Å². The molecule has 0 atom stereocenters. The van der Waals surface area contributed by atoms with Crippen molar-refractivity contribution in [2.45, 2.75) is 0 Å². The Balaban J connectivity index is 1.27. The van der Waals surface area contributed by atoms with Crippen LogP contribution < -0.4 is 10.2 Å². The highest BCUT2D eigenvalue weighted by atomic mass is 35.5. The summed E-state index contributed by atoms with van der Waals surface area (Å²) in [6.07, 6.45) is 0. The van der Waals surface area contributed by atoms with Gasteiger partial charge in [-0.1, -0.05) is 35.1 Å². The molecule has 0 radical (unpaired) electrons. The van der Waals surface area contributed by atoms with E-state index in [1.807, 2.05) is 18.2 Å². The number of carbonyl (C=O) groups excluding carboxylic acids is 1. The second-order valence-corrected chi connectivity index (χ2v) is 8.41. The molecule has 8 nitrogen and oxygen atoms in total. The number of para-hydroxylation sites is 1. The fourth-order valence-electron chi connectivity index (χ4n) is 3.43. The summed E-state index contributed by atoms with van der Waals surface area (Å²) in [6.45, 7) is 4.55. The van der Waals surface area contributed by atoms with E-state index in [0.717, 1.165) is 41.5 Å². The number of nitro benzene ring substituents is 1. The van der Waals surface area contributed by atoms with Crippen LogP contribution in [0.1, 0.15) is 10.4 Å². The molecule has 1 aliphatic heterocycles. The van der Waals surface area contributed by atoms with Gasteiger partial charge in [0.1, 0.15) is 5.56 Å². The van der Waals surface area contributed by atoms with Crippen LogP contribution in [0.2, 0.25) is 5.02 Å². The number of amides is 1. The molecule has 3 aromatic rings. The minimum absolute atomic E-state index is 0.0864. The van der Waals surface area contributed by atoms with Crippen LogP contribution in [0.15, 0.2) is 42.5 Å². The Morgan fingerprint density at radius 2 is 1.97 bits per heavy atom. The molecule has 4 rings (SSSR count). The Kier molecular flexibility index (Phi) is 6.12. The first-order valence-electron chi connectivity index (χ1n) is 9.56. The molecule has 0 bridgehead atoms. The lowest BCUT2D eigenvalue weighted by Gasteiger charge is -2.34. The lowest BCUT2D eigenvalue weighted by molar-refractivity contribution is -0.385. The average molecular weight is 446 g/mol. The zero-order chi connectivity index (χ0) is 21.1. The van der Waals surface area contributed by atoms with Crippen molar-refractivity contribution in [1.29, 1.82) is 0 Å². The molecule has 0 spiro atoms. The minimum atomic E-state index is -0.538. The number of nitrogens with one attached hydrogen (secondary N) is 1. The summed E-state index contributed by atoms with van der Waals surface area (Å²) >= 11 is 7.70. The maximum Gasteiger partial charge on any atom is 0.282 e. The number of benzene rings is 2. The van der Waals surface area contributed by atoms with E-state index in [2.05, 4.69) is 15.1 Å². The van der Waals surface area contributed by atoms with Crippen LogP contribution in [-0.4, -0.2) is 60.0 Å². The first kappa shape index (κ1) is 20.5. The standard InChI is InChI=1S/C20H20ClN5O3S/c21-14-5-6-16-18(13-14)30-20(23-16)25-11-9-24(10-12-25)8-7-22-19(27)15-3-1-2-4-17(15)26(28)29/h1-6,13H,7-12H2,(H,22,27). The second-order valence-electron chi connectivity index (χ2n) is 6.97. The van der Waals surface area contributed by atoms with E-state index >= 15 is 0 Å². The van der Waals surface area contributed by atoms with Gasteiger partial charge in [0.25, 0.3) is 11.6 Å². The Morgan fingerprint density at radius 1 is 1.20 bits per heavy atom. The summed E-state index contributed by atoms with van der Waals surface area (Å²) < 4.78 is 1.08. The summed E-state index contributed by atoms with van der Waals surface area (Å²) in [4.78, 5) is 32.1. The van der Waals surface area contributed by atoms with E-state index in [1.165, 1.54) is 12.1 Å². The number of anilines is 1. The Hall–Kier alpha value is -2.75. The van der Waals surface area contributed by atoms with Crippen LogP contribution in [0.25, 0.3) is 10.2 Å². The molecule has 1 aromatic heterocycles.